The fourth-order valence-corrected chi connectivity index (χ4v) is 6.76. The normalized spacial score (nSPS) is 27.8. The number of nitrogens with one attached hydrogen (secondary N) is 1. The lowest BCUT2D eigenvalue weighted by molar-refractivity contribution is -0.126. The topological polar surface area (TPSA) is 114 Å². The second kappa shape index (κ2) is 8.97. The van der Waals surface area contributed by atoms with Crippen molar-refractivity contribution in [1.82, 2.24) is 14.9 Å². The summed E-state index contributed by atoms with van der Waals surface area (Å²) in [6.07, 6.45) is 7.44. The van der Waals surface area contributed by atoms with Gasteiger partial charge in [0.1, 0.15) is 23.1 Å². The lowest BCUT2D eigenvalue weighted by atomic mass is 9.89. The number of anilines is 1. The fourth-order valence-electron chi connectivity index (χ4n) is 5.52. The number of hydrogen-bond acceptors (Lipinski definition) is 8. The Morgan fingerprint density at radius 3 is 2.77 bits per heavy atom. The molecule has 31 heavy (non-hydrogen) atoms. The van der Waals surface area contributed by atoms with Crippen LogP contribution in [0.25, 0.3) is 10.2 Å². The Bertz CT molecular complexity index is 937. The summed E-state index contributed by atoms with van der Waals surface area (Å²) in [5, 5.41) is 14.9. The van der Waals surface area contributed by atoms with Gasteiger partial charge >= 0.3 is 0 Å². The van der Waals surface area contributed by atoms with Gasteiger partial charge in [0.15, 0.2) is 0 Å². The molecule has 2 aromatic heterocycles. The summed E-state index contributed by atoms with van der Waals surface area (Å²) in [5.41, 5.74) is 6.52. The number of rotatable bonds is 6. The minimum absolute atomic E-state index is 0.120. The number of aryl methyl sites for hydroxylation is 1. The molecule has 0 bridgehead atoms. The summed E-state index contributed by atoms with van der Waals surface area (Å²) in [4.78, 5) is 25.4. The molecule has 1 amide bonds. The Hall–Kier alpha value is -1.81. The average Bonchev–Trinajstić information content (AvgIpc) is 3.35. The molecule has 4 N–H and O–H groups in total. The van der Waals surface area contributed by atoms with Crippen molar-refractivity contribution in [2.24, 2.45) is 5.73 Å². The van der Waals surface area contributed by atoms with Crippen molar-refractivity contribution < 1.29 is 14.6 Å². The van der Waals surface area contributed by atoms with Crippen molar-refractivity contribution in [3.05, 3.63) is 16.8 Å². The van der Waals surface area contributed by atoms with Crippen LogP contribution in [0.3, 0.4) is 0 Å². The first-order valence-electron chi connectivity index (χ1n) is 11.4. The molecule has 3 aliphatic rings. The zero-order valence-corrected chi connectivity index (χ0v) is 18.6. The third-order valence-corrected chi connectivity index (χ3v) is 8.34. The van der Waals surface area contributed by atoms with Crippen molar-refractivity contribution in [3.8, 4) is 0 Å². The number of aliphatic hydroxyl groups is 1. The highest BCUT2D eigenvalue weighted by Crippen LogP contribution is 2.47. The van der Waals surface area contributed by atoms with Gasteiger partial charge in [0.05, 0.1) is 18.6 Å². The summed E-state index contributed by atoms with van der Waals surface area (Å²) in [5.74, 6) is 0.368. The molecule has 0 unspecified atom stereocenters. The first-order valence-corrected chi connectivity index (χ1v) is 12.2. The zero-order valence-electron chi connectivity index (χ0n) is 17.8. The second-order valence-corrected chi connectivity index (χ2v) is 10.1. The van der Waals surface area contributed by atoms with Crippen LogP contribution in [-0.2, 0) is 16.0 Å². The van der Waals surface area contributed by atoms with E-state index in [1.807, 2.05) is 0 Å². The standard InChI is InChI=1S/C22H31N5O3S/c23-20(29)16(28)11-13-1-6-17-18(13)19-21(24-12-25-22(19)31-17)26-14-2-4-15(5-3-14)27-7-9-30-10-8-27/h12-16,28H,1-11H2,(H2,23,29)(H,24,25,26)/t13-,14-,15-,16-/m1/s1. The fraction of sp³-hybridized carbons (Fsp3) is 0.682. The predicted octanol–water partition coefficient (Wildman–Crippen LogP) is 2.01. The summed E-state index contributed by atoms with van der Waals surface area (Å²) in [6.45, 7) is 3.81. The number of thiophene rings is 1. The van der Waals surface area contributed by atoms with Crippen LogP contribution in [0.15, 0.2) is 6.33 Å². The number of nitrogens with two attached hydrogens (primary N) is 1. The molecule has 1 saturated carbocycles. The number of aliphatic hydroxyl groups excluding tert-OH is 1. The highest BCUT2D eigenvalue weighted by molar-refractivity contribution is 7.19. The number of carbonyl (C=O) groups is 1. The maximum atomic E-state index is 11.4. The van der Waals surface area contributed by atoms with E-state index in [0.717, 1.165) is 68.0 Å². The smallest absolute Gasteiger partial charge is 0.246 e. The molecule has 9 heteroatoms. The van der Waals surface area contributed by atoms with Crippen LogP contribution in [0.1, 0.15) is 54.9 Å². The van der Waals surface area contributed by atoms with Crippen LogP contribution < -0.4 is 11.1 Å². The molecule has 168 valence electrons. The number of fused-ring (bicyclic) bond motifs is 3. The lowest BCUT2D eigenvalue weighted by Crippen LogP contribution is -2.46. The maximum absolute atomic E-state index is 11.4. The van der Waals surface area contributed by atoms with Gasteiger partial charge in [-0.25, -0.2) is 9.97 Å². The van der Waals surface area contributed by atoms with E-state index in [0.29, 0.717) is 18.5 Å². The number of carbonyl (C=O) groups excluding carboxylic acids is 1. The van der Waals surface area contributed by atoms with Crippen LogP contribution in [0, 0.1) is 0 Å². The van der Waals surface area contributed by atoms with Crippen molar-refractivity contribution in [3.63, 3.8) is 0 Å². The molecule has 3 heterocycles. The monoisotopic (exact) mass is 445 g/mol. The van der Waals surface area contributed by atoms with Crippen molar-refractivity contribution in [1.29, 1.82) is 0 Å². The van der Waals surface area contributed by atoms with Crippen LogP contribution in [0.2, 0.25) is 0 Å². The van der Waals surface area contributed by atoms with Gasteiger partial charge in [-0.15, -0.1) is 11.3 Å². The van der Waals surface area contributed by atoms with Crippen LogP contribution in [0.4, 0.5) is 5.82 Å². The molecule has 0 spiro atoms. The molecule has 0 aromatic carbocycles. The van der Waals surface area contributed by atoms with Crippen molar-refractivity contribution >= 4 is 33.3 Å². The van der Waals surface area contributed by atoms with E-state index in [9.17, 15) is 9.90 Å². The van der Waals surface area contributed by atoms with Crippen molar-refractivity contribution in [2.75, 3.05) is 31.6 Å². The van der Waals surface area contributed by atoms with Gasteiger partial charge in [-0.3, -0.25) is 9.69 Å². The first kappa shape index (κ1) is 21.1. The number of ether oxygens (including phenoxy) is 1. The molecule has 2 atom stereocenters. The van der Waals surface area contributed by atoms with E-state index in [-0.39, 0.29) is 5.92 Å². The van der Waals surface area contributed by atoms with E-state index in [1.165, 1.54) is 23.3 Å². The number of amides is 1. The number of primary amides is 1. The third kappa shape index (κ3) is 4.28. The van der Waals surface area contributed by atoms with Crippen LogP contribution in [0.5, 0.6) is 0 Å². The zero-order chi connectivity index (χ0) is 21.4. The molecule has 5 rings (SSSR count). The van der Waals surface area contributed by atoms with Gasteiger partial charge in [-0.05, 0) is 56.4 Å². The first-order chi connectivity index (χ1) is 15.1. The summed E-state index contributed by atoms with van der Waals surface area (Å²) >= 11 is 1.71. The van der Waals surface area contributed by atoms with Crippen LogP contribution in [-0.4, -0.2) is 70.4 Å². The third-order valence-electron chi connectivity index (χ3n) is 7.17. The Balaban J connectivity index is 1.31. The van der Waals surface area contributed by atoms with Gasteiger partial charge in [-0.2, -0.15) is 0 Å². The summed E-state index contributed by atoms with van der Waals surface area (Å²) in [7, 11) is 0. The Morgan fingerprint density at radius 2 is 2.03 bits per heavy atom. The molecule has 2 aromatic rings. The highest BCUT2D eigenvalue weighted by atomic mass is 32.1. The van der Waals surface area contributed by atoms with Crippen molar-refractivity contribution in [2.45, 2.75) is 69.1 Å². The number of hydrogen-bond donors (Lipinski definition) is 3. The predicted molar refractivity (Wildman–Crippen MR) is 120 cm³/mol. The summed E-state index contributed by atoms with van der Waals surface area (Å²) < 4.78 is 5.50. The van der Waals surface area contributed by atoms with Crippen LogP contribution >= 0.6 is 11.3 Å². The number of aromatic nitrogens is 2. The number of morpholine rings is 1. The molecule has 8 nitrogen and oxygen atoms in total. The molecular weight excluding hydrogens is 414 g/mol. The Kier molecular flexibility index (Phi) is 6.10. The molecule has 2 aliphatic carbocycles. The molecular formula is C22H31N5O3S. The van der Waals surface area contributed by atoms with Gasteiger partial charge < -0.3 is 20.9 Å². The molecule has 1 aliphatic heterocycles. The van der Waals surface area contributed by atoms with Gasteiger partial charge in [0, 0.05) is 30.1 Å². The average molecular weight is 446 g/mol. The minimum Gasteiger partial charge on any atom is -0.383 e. The van der Waals surface area contributed by atoms with E-state index in [1.54, 1.807) is 17.7 Å². The lowest BCUT2D eigenvalue weighted by Gasteiger charge is -2.39. The maximum Gasteiger partial charge on any atom is 0.246 e. The van der Waals surface area contributed by atoms with E-state index >= 15 is 0 Å². The Labute approximate surface area is 186 Å². The SMILES string of the molecule is NC(=O)[C@H](O)C[C@H]1CCc2sc3ncnc(N[C@H]4CC[C@H](N5CCOCC5)CC4)c3c21. The van der Waals surface area contributed by atoms with Gasteiger partial charge in [0.25, 0.3) is 0 Å². The molecule has 1 saturated heterocycles. The summed E-state index contributed by atoms with van der Waals surface area (Å²) in [6, 6.07) is 1.07. The highest BCUT2D eigenvalue weighted by Gasteiger charge is 2.33. The van der Waals surface area contributed by atoms with E-state index < -0.39 is 12.0 Å². The Morgan fingerprint density at radius 1 is 1.26 bits per heavy atom. The minimum atomic E-state index is -1.11. The van der Waals surface area contributed by atoms with Gasteiger partial charge in [0.2, 0.25) is 5.91 Å². The largest absolute Gasteiger partial charge is 0.383 e. The second-order valence-electron chi connectivity index (χ2n) is 9.03. The van der Waals surface area contributed by atoms with Gasteiger partial charge in [-0.1, -0.05) is 0 Å². The van der Waals surface area contributed by atoms with E-state index in [4.69, 9.17) is 10.5 Å². The number of nitrogens with zero attached hydrogens (tertiary/aromatic N) is 3. The molecule has 0 radical (unpaired) electrons. The quantitative estimate of drug-likeness (QED) is 0.623. The molecule has 2 fully saturated rings. The van der Waals surface area contributed by atoms with E-state index in [2.05, 4.69) is 20.2 Å².